The Labute approximate surface area is 98.2 Å². The van der Waals surface area contributed by atoms with Crippen LogP contribution in [0.4, 0.5) is 8.78 Å². The molecule has 2 nitrogen and oxygen atoms in total. The van der Waals surface area contributed by atoms with Gasteiger partial charge in [-0.3, -0.25) is 4.90 Å². The Hall–Kier alpha value is -0.710. The minimum absolute atomic E-state index is 0.0321. The summed E-state index contributed by atoms with van der Waals surface area (Å²) in [6.45, 7) is 2.12. The molecule has 0 aliphatic carbocycles. The van der Waals surface area contributed by atoms with Crippen molar-refractivity contribution in [3.8, 4) is 0 Å². The van der Waals surface area contributed by atoms with Crippen LogP contribution in [0.3, 0.4) is 0 Å². The summed E-state index contributed by atoms with van der Waals surface area (Å²) in [5.74, 6) is -1.19. The zero-order chi connectivity index (χ0) is 11.7. The van der Waals surface area contributed by atoms with Crippen LogP contribution in [0.1, 0.15) is 11.6 Å². The first kappa shape index (κ1) is 11.8. The van der Waals surface area contributed by atoms with Gasteiger partial charge in [0.2, 0.25) is 0 Å². The summed E-state index contributed by atoms with van der Waals surface area (Å²) >= 11 is 5.67. The summed E-state index contributed by atoms with van der Waals surface area (Å²) in [6.07, 6.45) is 0. The van der Waals surface area contributed by atoms with Gasteiger partial charge in [0, 0.05) is 25.2 Å². The van der Waals surface area contributed by atoms with Gasteiger partial charge in [-0.25, -0.2) is 8.78 Å². The van der Waals surface area contributed by atoms with Crippen LogP contribution in [0, 0.1) is 11.6 Å². The molecule has 0 bridgehead atoms. The van der Waals surface area contributed by atoms with Gasteiger partial charge in [-0.2, -0.15) is 0 Å². The Balaban J connectivity index is 2.42. The van der Waals surface area contributed by atoms with Crippen molar-refractivity contribution in [2.45, 2.75) is 6.04 Å². The molecule has 1 aromatic rings. The zero-order valence-electron chi connectivity index (χ0n) is 8.93. The number of halogens is 3. The number of benzene rings is 1. The smallest absolute Gasteiger partial charge is 0.149 e. The van der Waals surface area contributed by atoms with Gasteiger partial charge >= 0.3 is 0 Å². The van der Waals surface area contributed by atoms with Crippen molar-refractivity contribution in [2.24, 2.45) is 0 Å². The van der Waals surface area contributed by atoms with E-state index in [-0.39, 0.29) is 16.6 Å². The van der Waals surface area contributed by atoms with E-state index in [9.17, 15) is 8.78 Å². The first-order valence-corrected chi connectivity index (χ1v) is 5.53. The fourth-order valence-electron chi connectivity index (χ4n) is 1.98. The van der Waals surface area contributed by atoms with Crippen molar-refractivity contribution in [3.05, 3.63) is 34.4 Å². The summed E-state index contributed by atoms with van der Waals surface area (Å²) in [4.78, 5) is 1.92. The fourth-order valence-corrected chi connectivity index (χ4v) is 2.14. The predicted molar refractivity (Wildman–Crippen MR) is 59.6 cm³/mol. The average Bonchev–Trinajstić information content (AvgIpc) is 2.27. The van der Waals surface area contributed by atoms with Crippen molar-refractivity contribution >= 4 is 11.6 Å². The first-order valence-electron chi connectivity index (χ1n) is 5.15. The van der Waals surface area contributed by atoms with Crippen LogP contribution in [0.2, 0.25) is 5.02 Å². The van der Waals surface area contributed by atoms with E-state index in [1.165, 1.54) is 12.1 Å². The molecule has 5 heteroatoms. The van der Waals surface area contributed by atoms with Crippen LogP contribution < -0.4 is 5.32 Å². The van der Waals surface area contributed by atoms with Crippen LogP contribution in [-0.2, 0) is 0 Å². The molecule has 1 unspecified atom stereocenters. The summed E-state index contributed by atoms with van der Waals surface area (Å²) in [6, 6.07) is 2.15. The summed E-state index contributed by atoms with van der Waals surface area (Å²) in [7, 11) is 1.85. The predicted octanol–water partition coefficient (Wildman–Crippen LogP) is 2.19. The molecular weight excluding hydrogens is 234 g/mol. The number of likely N-dealkylation sites (N-methyl/N-ethyl adjacent to an activating group) is 1. The Bertz CT molecular complexity index is 398. The lowest BCUT2D eigenvalue weighted by molar-refractivity contribution is 0.193. The maximum absolute atomic E-state index is 13.8. The Morgan fingerprint density at radius 3 is 2.88 bits per heavy atom. The van der Waals surface area contributed by atoms with Gasteiger partial charge in [0.15, 0.2) is 0 Å². The SMILES string of the molecule is CN1CCNCC1c1c(F)ccc(Cl)c1F. The highest BCUT2D eigenvalue weighted by Gasteiger charge is 2.27. The van der Waals surface area contributed by atoms with Gasteiger partial charge in [0.1, 0.15) is 11.6 Å². The number of hydrogen-bond acceptors (Lipinski definition) is 2. The van der Waals surface area contributed by atoms with Crippen LogP contribution in [-0.4, -0.2) is 31.6 Å². The molecule has 0 saturated carbocycles. The summed E-state index contributed by atoms with van der Waals surface area (Å²) in [5, 5.41) is 3.09. The highest BCUT2D eigenvalue weighted by molar-refractivity contribution is 6.30. The third kappa shape index (κ3) is 2.05. The van der Waals surface area contributed by atoms with Gasteiger partial charge in [-0.15, -0.1) is 0 Å². The van der Waals surface area contributed by atoms with Gasteiger partial charge < -0.3 is 5.32 Å². The highest BCUT2D eigenvalue weighted by Crippen LogP contribution is 2.29. The monoisotopic (exact) mass is 246 g/mol. The number of rotatable bonds is 1. The van der Waals surface area contributed by atoms with E-state index in [1.807, 2.05) is 11.9 Å². The normalized spacial score (nSPS) is 22.4. The number of nitrogens with one attached hydrogen (secondary N) is 1. The van der Waals surface area contributed by atoms with Crippen molar-refractivity contribution in [1.82, 2.24) is 10.2 Å². The van der Waals surface area contributed by atoms with Gasteiger partial charge in [-0.05, 0) is 19.2 Å². The van der Waals surface area contributed by atoms with Gasteiger partial charge in [-0.1, -0.05) is 11.6 Å². The Morgan fingerprint density at radius 1 is 1.44 bits per heavy atom. The van der Waals surface area contributed by atoms with Crippen molar-refractivity contribution in [1.29, 1.82) is 0 Å². The Kier molecular flexibility index (Phi) is 3.42. The zero-order valence-corrected chi connectivity index (χ0v) is 9.69. The lowest BCUT2D eigenvalue weighted by Gasteiger charge is -2.33. The van der Waals surface area contributed by atoms with Crippen molar-refractivity contribution in [2.75, 3.05) is 26.7 Å². The minimum atomic E-state index is -0.651. The lowest BCUT2D eigenvalue weighted by atomic mass is 10.0. The molecule has 1 fully saturated rings. The molecule has 1 aliphatic rings. The van der Waals surface area contributed by atoms with Crippen molar-refractivity contribution in [3.63, 3.8) is 0 Å². The molecule has 1 aromatic carbocycles. The van der Waals surface area contributed by atoms with E-state index >= 15 is 0 Å². The molecule has 1 aliphatic heterocycles. The van der Waals surface area contributed by atoms with E-state index in [4.69, 9.17) is 11.6 Å². The standard InChI is InChI=1S/C11H13ClF2N2/c1-16-5-4-15-6-9(16)10-8(13)3-2-7(12)11(10)14/h2-3,9,15H,4-6H2,1H3. The van der Waals surface area contributed by atoms with E-state index in [1.54, 1.807) is 0 Å². The fraction of sp³-hybridized carbons (Fsp3) is 0.455. The van der Waals surface area contributed by atoms with Gasteiger partial charge in [0.05, 0.1) is 11.1 Å². The molecule has 1 saturated heterocycles. The third-order valence-corrected chi connectivity index (χ3v) is 3.22. The van der Waals surface area contributed by atoms with Crippen LogP contribution in [0.25, 0.3) is 0 Å². The maximum Gasteiger partial charge on any atom is 0.149 e. The van der Waals surface area contributed by atoms with E-state index in [0.29, 0.717) is 6.54 Å². The van der Waals surface area contributed by atoms with E-state index in [2.05, 4.69) is 5.32 Å². The number of hydrogen-bond donors (Lipinski definition) is 1. The van der Waals surface area contributed by atoms with E-state index in [0.717, 1.165) is 13.1 Å². The molecule has 2 rings (SSSR count). The molecule has 88 valence electrons. The first-order chi connectivity index (χ1) is 7.61. The van der Waals surface area contributed by atoms with E-state index < -0.39 is 11.6 Å². The summed E-state index contributed by atoms with van der Waals surface area (Å²) < 4.78 is 27.4. The molecule has 0 spiro atoms. The molecule has 1 N–H and O–H groups in total. The van der Waals surface area contributed by atoms with Gasteiger partial charge in [0.25, 0.3) is 0 Å². The maximum atomic E-state index is 13.8. The molecule has 0 radical (unpaired) electrons. The van der Waals surface area contributed by atoms with Crippen molar-refractivity contribution < 1.29 is 8.78 Å². The van der Waals surface area contributed by atoms with Crippen LogP contribution in [0.5, 0.6) is 0 Å². The second kappa shape index (κ2) is 4.65. The lowest BCUT2D eigenvalue weighted by Crippen LogP contribution is -2.44. The topological polar surface area (TPSA) is 15.3 Å². The average molecular weight is 247 g/mol. The number of piperazine rings is 1. The Morgan fingerprint density at radius 2 is 2.19 bits per heavy atom. The molecule has 1 heterocycles. The van der Waals surface area contributed by atoms with Crippen LogP contribution in [0.15, 0.2) is 12.1 Å². The molecule has 0 amide bonds. The highest BCUT2D eigenvalue weighted by atomic mass is 35.5. The quantitative estimate of drug-likeness (QED) is 0.765. The molecule has 16 heavy (non-hydrogen) atoms. The minimum Gasteiger partial charge on any atom is -0.314 e. The molecular formula is C11H13ClF2N2. The van der Waals surface area contributed by atoms with Crippen LogP contribution >= 0.6 is 11.6 Å². The number of nitrogens with zero attached hydrogens (tertiary/aromatic N) is 1. The molecule has 0 aromatic heterocycles. The molecule has 1 atom stereocenters. The third-order valence-electron chi connectivity index (χ3n) is 2.92. The second-order valence-corrected chi connectivity index (χ2v) is 4.36. The largest absolute Gasteiger partial charge is 0.314 e. The summed E-state index contributed by atoms with van der Waals surface area (Å²) in [5.41, 5.74) is 0.0576. The second-order valence-electron chi connectivity index (χ2n) is 3.96.